The summed E-state index contributed by atoms with van der Waals surface area (Å²) in [4.78, 5) is 15.0. The highest BCUT2D eigenvalue weighted by Gasteiger charge is 2.22. The van der Waals surface area contributed by atoms with E-state index in [0.717, 1.165) is 16.7 Å². The van der Waals surface area contributed by atoms with E-state index in [4.69, 9.17) is 4.74 Å². The van der Waals surface area contributed by atoms with Crippen molar-refractivity contribution < 1.29 is 9.53 Å². The number of hydrogen-bond acceptors (Lipinski definition) is 2. The van der Waals surface area contributed by atoms with Crippen LogP contribution in [-0.2, 0) is 17.9 Å². The topological polar surface area (TPSA) is 29.5 Å². The summed E-state index contributed by atoms with van der Waals surface area (Å²) in [6.07, 6.45) is -0.555. The lowest BCUT2D eigenvalue weighted by Gasteiger charge is -2.26. The van der Waals surface area contributed by atoms with Crippen LogP contribution in [0.3, 0.4) is 0 Å². The van der Waals surface area contributed by atoms with Crippen LogP contribution in [0.1, 0.15) is 23.6 Å². The highest BCUT2D eigenvalue weighted by atomic mass is 16.5. The maximum absolute atomic E-state index is 13.1. The molecule has 0 fully saturated rings. The van der Waals surface area contributed by atoms with Crippen molar-refractivity contribution in [2.75, 3.05) is 0 Å². The van der Waals surface area contributed by atoms with Gasteiger partial charge in [0.15, 0.2) is 6.10 Å². The lowest BCUT2D eigenvalue weighted by molar-refractivity contribution is -0.139. The van der Waals surface area contributed by atoms with Gasteiger partial charge in [-0.3, -0.25) is 4.79 Å². The molecule has 1 amide bonds. The number of aryl methyl sites for hydroxylation is 1. The summed E-state index contributed by atoms with van der Waals surface area (Å²) >= 11 is 0. The molecule has 0 spiro atoms. The molecule has 0 aliphatic heterocycles. The normalized spacial score (nSPS) is 11.6. The second-order valence-electron chi connectivity index (χ2n) is 6.74. The average molecular weight is 359 g/mol. The molecule has 0 aromatic heterocycles. The van der Waals surface area contributed by atoms with Crippen molar-refractivity contribution in [1.82, 2.24) is 4.90 Å². The maximum Gasteiger partial charge on any atom is 0.263 e. The second-order valence-corrected chi connectivity index (χ2v) is 6.74. The van der Waals surface area contributed by atoms with Crippen molar-refractivity contribution in [3.05, 3.63) is 102 Å². The molecule has 0 aliphatic rings. The van der Waals surface area contributed by atoms with Gasteiger partial charge in [-0.05, 0) is 37.1 Å². The molecule has 3 nitrogen and oxygen atoms in total. The SMILES string of the molecule is Cc1ccc(O[C@H](C)C(=O)N(Cc2ccccc2)Cc2ccccc2)cc1. The van der Waals surface area contributed by atoms with Crippen molar-refractivity contribution in [3.8, 4) is 5.75 Å². The van der Waals surface area contributed by atoms with Crippen LogP contribution < -0.4 is 4.74 Å². The van der Waals surface area contributed by atoms with Crippen LogP contribution in [0.4, 0.5) is 0 Å². The molecule has 0 N–H and O–H groups in total. The molecule has 3 aromatic rings. The zero-order chi connectivity index (χ0) is 19.1. The predicted molar refractivity (Wildman–Crippen MR) is 108 cm³/mol. The molecular weight excluding hydrogens is 334 g/mol. The maximum atomic E-state index is 13.1. The average Bonchev–Trinajstić information content (AvgIpc) is 2.70. The van der Waals surface area contributed by atoms with Gasteiger partial charge in [-0.15, -0.1) is 0 Å². The Morgan fingerprint density at radius 3 is 1.78 bits per heavy atom. The summed E-state index contributed by atoms with van der Waals surface area (Å²) in [6.45, 7) is 4.94. The number of rotatable bonds is 7. The first-order valence-corrected chi connectivity index (χ1v) is 9.22. The van der Waals surface area contributed by atoms with Crippen LogP contribution in [0, 0.1) is 6.92 Å². The summed E-state index contributed by atoms with van der Waals surface area (Å²) in [5, 5.41) is 0. The van der Waals surface area contributed by atoms with Crippen LogP contribution in [0.25, 0.3) is 0 Å². The van der Waals surface area contributed by atoms with E-state index < -0.39 is 6.10 Å². The summed E-state index contributed by atoms with van der Waals surface area (Å²) in [7, 11) is 0. The number of hydrogen-bond donors (Lipinski definition) is 0. The molecule has 0 heterocycles. The van der Waals surface area contributed by atoms with Crippen molar-refractivity contribution in [2.24, 2.45) is 0 Å². The lowest BCUT2D eigenvalue weighted by atomic mass is 10.1. The Morgan fingerprint density at radius 2 is 1.30 bits per heavy atom. The van der Waals surface area contributed by atoms with Gasteiger partial charge in [0.1, 0.15) is 5.75 Å². The Bertz CT molecular complexity index is 803. The fraction of sp³-hybridized carbons (Fsp3) is 0.208. The molecule has 0 saturated carbocycles. The first-order valence-electron chi connectivity index (χ1n) is 9.22. The summed E-state index contributed by atoms with van der Waals surface area (Å²) in [5.74, 6) is 0.684. The Hall–Kier alpha value is -3.07. The number of ether oxygens (including phenoxy) is 1. The fourth-order valence-corrected chi connectivity index (χ4v) is 2.95. The van der Waals surface area contributed by atoms with E-state index in [1.54, 1.807) is 0 Å². The van der Waals surface area contributed by atoms with Gasteiger partial charge in [0.25, 0.3) is 5.91 Å². The van der Waals surface area contributed by atoms with Gasteiger partial charge in [0.2, 0.25) is 0 Å². The molecule has 3 heteroatoms. The summed E-state index contributed by atoms with van der Waals surface area (Å²) < 4.78 is 5.90. The zero-order valence-electron chi connectivity index (χ0n) is 15.8. The molecule has 0 unspecified atom stereocenters. The van der Waals surface area contributed by atoms with E-state index in [9.17, 15) is 4.79 Å². The monoisotopic (exact) mass is 359 g/mol. The Kier molecular flexibility index (Phi) is 6.26. The number of amides is 1. The number of benzene rings is 3. The molecular formula is C24H25NO2. The smallest absolute Gasteiger partial charge is 0.263 e. The van der Waals surface area contributed by atoms with Crippen LogP contribution in [0.2, 0.25) is 0 Å². The van der Waals surface area contributed by atoms with Crippen LogP contribution >= 0.6 is 0 Å². The van der Waals surface area contributed by atoms with Crippen molar-refractivity contribution >= 4 is 5.91 Å². The molecule has 0 saturated heterocycles. The number of nitrogens with zero attached hydrogens (tertiary/aromatic N) is 1. The quantitative estimate of drug-likeness (QED) is 0.595. The highest BCUT2D eigenvalue weighted by molar-refractivity contribution is 5.81. The molecule has 3 rings (SSSR count). The third-order valence-corrected chi connectivity index (χ3v) is 4.43. The number of carbonyl (C=O) groups excluding carboxylic acids is 1. The fourth-order valence-electron chi connectivity index (χ4n) is 2.95. The molecule has 0 aliphatic carbocycles. The first kappa shape index (κ1) is 18.7. The van der Waals surface area contributed by atoms with Gasteiger partial charge in [0, 0.05) is 13.1 Å². The van der Waals surface area contributed by atoms with E-state index in [2.05, 4.69) is 0 Å². The summed E-state index contributed by atoms with van der Waals surface area (Å²) in [5.41, 5.74) is 3.37. The van der Waals surface area contributed by atoms with Crippen molar-refractivity contribution in [3.63, 3.8) is 0 Å². The Morgan fingerprint density at radius 1 is 0.815 bits per heavy atom. The minimum absolute atomic E-state index is 0.0247. The molecule has 0 bridgehead atoms. The van der Waals surface area contributed by atoms with E-state index in [1.807, 2.05) is 104 Å². The van der Waals surface area contributed by atoms with E-state index in [-0.39, 0.29) is 5.91 Å². The largest absolute Gasteiger partial charge is 0.481 e. The third-order valence-electron chi connectivity index (χ3n) is 4.43. The minimum Gasteiger partial charge on any atom is -0.481 e. The molecule has 0 radical (unpaired) electrons. The minimum atomic E-state index is -0.555. The van der Waals surface area contributed by atoms with Crippen LogP contribution in [0.15, 0.2) is 84.9 Å². The van der Waals surface area contributed by atoms with Crippen molar-refractivity contribution in [2.45, 2.75) is 33.0 Å². The molecule has 1 atom stereocenters. The first-order chi connectivity index (χ1) is 13.1. The predicted octanol–water partition coefficient (Wildman–Crippen LogP) is 4.99. The van der Waals surface area contributed by atoms with Gasteiger partial charge in [0.05, 0.1) is 0 Å². The van der Waals surface area contributed by atoms with Crippen molar-refractivity contribution in [1.29, 1.82) is 0 Å². The zero-order valence-corrected chi connectivity index (χ0v) is 15.8. The van der Waals surface area contributed by atoms with E-state index in [1.165, 1.54) is 0 Å². The Balaban J connectivity index is 1.75. The van der Waals surface area contributed by atoms with Gasteiger partial charge in [-0.2, -0.15) is 0 Å². The van der Waals surface area contributed by atoms with Gasteiger partial charge in [-0.1, -0.05) is 78.4 Å². The molecule has 138 valence electrons. The van der Waals surface area contributed by atoms with E-state index >= 15 is 0 Å². The highest BCUT2D eigenvalue weighted by Crippen LogP contribution is 2.17. The second kappa shape index (κ2) is 9.04. The molecule has 3 aromatic carbocycles. The number of carbonyl (C=O) groups is 1. The standard InChI is InChI=1S/C24H25NO2/c1-19-13-15-23(16-14-19)27-20(2)24(26)25(17-21-9-5-3-6-10-21)18-22-11-7-4-8-12-22/h3-16,20H,17-18H2,1-2H3/t20-/m1/s1. The van der Waals surface area contributed by atoms with Gasteiger partial charge >= 0.3 is 0 Å². The van der Waals surface area contributed by atoms with Crippen LogP contribution in [0.5, 0.6) is 5.75 Å². The van der Waals surface area contributed by atoms with Gasteiger partial charge < -0.3 is 9.64 Å². The third kappa shape index (κ3) is 5.45. The van der Waals surface area contributed by atoms with E-state index in [0.29, 0.717) is 18.8 Å². The van der Waals surface area contributed by atoms with Gasteiger partial charge in [-0.25, -0.2) is 0 Å². The van der Waals surface area contributed by atoms with Crippen LogP contribution in [-0.4, -0.2) is 16.9 Å². The molecule has 27 heavy (non-hydrogen) atoms. The Labute approximate surface area is 161 Å². The summed E-state index contributed by atoms with van der Waals surface area (Å²) in [6, 6.07) is 27.9. The lowest BCUT2D eigenvalue weighted by Crippen LogP contribution is -2.39.